The van der Waals surface area contributed by atoms with E-state index in [0.717, 1.165) is 30.9 Å². The molecule has 0 bridgehead atoms. The summed E-state index contributed by atoms with van der Waals surface area (Å²) < 4.78 is 0. The van der Waals surface area contributed by atoms with Crippen molar-refractivity contribution in [2.75, 3.05) is 29.9 Å². The Balaban J connectivity index is 2.23. The summed E-state index contributed by atoms with van der Waals surface area (Å²) in [5.74, 6) is 0.109. The van der Waals surface area contributed by atoms with Gasteiger partial charge in [-0.1, -0.05) is 6.92 Å². The van der Waals surface area contributed by atoms with Crippen LogP contribution in [0, 0.1) is 0 Å². The molecule has 1 aromatic heterocycles. The Morgan fingerprint density at radius 3 is 3.06 bits per heavy atom. The average molecular weight is 248 g/mol. The number of piperazine rings is 1. The van der Waals surface area contributed by atoms with Gasteiger partial charge < -0.3 is 15.5 Å². The molecule has 1 aliphatic rings. The Bertz CT molecular complexity index is 421. The van der Waals surface area contributed by atoms with Crippen molar-refractivity contribution in [3.05, 3.63) is 18.5 Å². The van der Waals surface area contributed by atoms with Crippen LogP contribution in [-0.2, 0) is 4.79 Å². The third-order valence-corrected chi connectivity index (χ3v) is 3.15. The van der Waals surface area contributed by atoms with E-state index >= 15 is 0 Å². The fraction of sp³-hybridized carbons (Fsp3) is 0.538. The molecule has 2 N–H and O–H groups in total. The molecule has 0 radical (unpaired) electrons. The molecule has 1 saturated heterocycles. The van der Waals surface area contributed by atoms with Crippen molar-refractivity contribution >= 4 is 17.3 Å². The molecule has 1 atom stereocenters. The number of aromatic nitrogens is 1. The molecule has 1 aliphatic heterocycles. The lowest BCUT2D eigenvalue weighted by molar-refractivity contribution is -0.123. The van der Waals surface area contributed by atoms with Crippen molar-refractivity contribution in [3.63, 3.8) is 0 Å². The molecule has 0 spiro atoms. The van der Waals surface area contributed by atoms with E-state index in [1.165, 1.54) is 0 Å². The van der Waals surface area contributed by atoms with Gasteiger partial charge in [0, 0.05) is 19.6 Å². The second-order valence-corrected chi connectivity index (χ2v) is 4.37. The molecular weight excluding hydrogens is 228 g/mol. The molecular formula is C13H20N4O. The summed E-state index contributed by atoms with van der Waals surface area (Å²) in [5, 5.41) is 6.15. The van der Waals surface area contributed by atoms with Gasteiger partial charge in [-0.15, -0.1) is 0 Å². The van der Waals surface area contributed by atoms with Crippen molar-refractivity contribution in [2.45, 2.75) is 26.3 Å². The van der Waals surface area contributed by atoms with Gasteiger partial charge in [0.2, 0.25) is 5.91 Å². The third kappa shape index (κ3) is 2.55. The number of carbonyl (C=O) groups excluding carboxylic acids is 1. The summed E-state index contributed by atoms with van der Waals surface area (Å²) in [6.45, 7) is 6.48. The standard InChI is InChI=1S/C13H20N4O/c1-3-12-13(18)16-5-6-17(12)11-7-10(15-4-2)8-14-9-11/h7-9,12,15H,3-6H2,1-2H3,(H,16,18). The van der Waals surface area contributed by atoms with Crippen molar-refractivity contribution < 1.29 is 4.79 Å². The highest BCUT2D eigenvalue weighted by atomic mass is 16.2. The van der Waals surface area contributed by atoms with Crippen molar-refractivity contribution in [1.82, 2.24) is 10.3 Å². The van der Waals surface area contributed by atoms with Crippen LogP contribution in [0.2, 0.25) is 0 Å². The van der Waals surface area contributed by atoms with E-state index in [1.807, 2.05) is 13.1 Å². The summed E-state index contributed by atoms with van der Waals surface area (Å²) in [6.07, 6.45) is 4.43. The predicted molar refractivity (Wildman–Crippen MR) is 72.8 cm³/mol. The second kappa shape index (κ2) is 5.71. The molecule has 1 aromatic rings. The first-order valence-electron chi connectivity index (χ1n) is 6.49. The predicted octanol–water partition coefficient (Wildman–Crippen LogP) is 1.23. The van der Waals surface area contributed by atoms with Gasteiger partial charge in [-0.2, -0.15) is 0 Å². The number of carbonyl (C=O) groups is 1. The lowest BCUT2D eigenvalue weighted by Crippen LogP contribution is -2.55. The normalized spacial score (nSPS) is 19.6. The molecule has 5 nitrogen and oxygen atoms in total. The molecule has 0 saturated carbocycles. The molecule has 0 aromatic carbocycles. The first-order valence-corrected chi connectivity index (χ1v) is 6.49. The van der Waals surface area contributed by atoms with Gasteiger partial charge in [-0.05, 0) is 19.4 Å². The molecule has 1 amide bonds. The van der Waals surface area contributed by atoms with Crippen LogP contribution in [0.5, 0.6) is 0 Å². The van der Waals surface area contributed by atoms with Crippen molar-refractivity contribution in [3.8, 4) is 0 Å². The maximum Gasteiger partial charge on any atom is 0.242 e. The summed E-state index contributed by atoms with van der Waals surface area (Å²) in [7, 11) is 0. The lowest BCUT2D eigenvalue weighted by atomic mass is 10.1. The molecule has 5 heteroatoms. The maximum atomic E-state index is 11.8. The maximum absolute atomic E-state index is 11.8. The van der Waals surface area contributed by atoms with Crippen LogP contribution in [0.25, 0.3) is 0 Å². The minimum absolute atomic E-state index is 0.0857. The number of anilines is 2. The summed E-state index contributed by atoms with van der Waals surface area (Å²) in [6, 6.07) is 1.97. The zero-order chi connectivity index (χ0) is 13.0. The molecule has 1 unspecified atom stereocenters. The molecule has 98 valence electrons. The SMILES string of the molecule is CCNc1cncc(N2CCNC(=O)C2CC)c1. The van der Waals surface area contributed by atoms with Gasteiger partial charge in [-0.25, -0.2) is 0 Å². The van der Waals surface area contributed by atoms with Gasteiger partial charge in [-0.3, -0.25) is 9.78 Å². The lowest BCUT2D eigenvalue weighted by Gasteiger charge is -2.36. The van der Waals surface area contributed by atoms with Gasteiger partial charge in [0.1, 0.15) is 6.04 Å². The Kier molecular flexibility index (Phi) is 4.02. The van der Waals surface area contributed by atoms with Gasteiger partial charge in [0.25, 0.3) is 0 Å². The van der Waals surface area contributed by atoms with Crippen LogP contribution < -0.4 is 15.5 Å². The Morgan fingerprint density at radius 2 is 2.33 bits per heavy atom. The number of hydrogen-bond donors (Lipinski definition) is 2. The Hall–Kier alpha value is -1.78. The van der Waals surface area contributed by atoms with Crippen LogP contribution in [0.15, 0.2) is 18.5 Å². The van der Waals surface area contributed by atoms with E-state index < -0.39 is 0 Å². The van der Waals surface area contributed by atoms with Crippen LogP contribution in [0.4, 0.5) is 11.4 Å². The fourth-order valence-electron chi connectivity index (χ4n) is 2.32. The first kappa shape index (κ1) is 12.7. The van der Waals surface area contributed by atoms with E-state index in [1.54, 1.807) is 6.20 Å². The zero-order valence-electron chi connectivity index (χ0n) is 10.9. The number of hydrogen-bond acceptors (Lipinski definition) is 4. The molecule has 2 rings (SSSR count). The van der Waals surface area contributed by atoms with Crippen molar-refractivity contribution in [1.29, 1.82) is 0 Å². The van der Waals surface area contributed by atoms with E-state index in [-0.39, 0.29) is 11.9 Å². The molecule has 18 heavy (non-hydrogen) atoms. The van der Waals surface area contributed by atoms with Crippen LogP contribution in [0.3, 0.4) is 0 Å². The van der Waals surface area contributed by atoms with E-state index in [0.29, 0.717) is 6.54 Å². The molecule has 2 heterocycles. The van der Waals surface area contributed by atoms with Gasteiger partial charge >= 0.3 is 0 Å². The highest BCUT2D eigenvalue weighted by Gasteiger charge is 2.28. The summed E-state index contributed by atoms with van der Waals surface area (Å²) in [4.78, 5) is 18.2. The van der Waals surface area contributed by atoms with Crippen LogP contribution in [-0.4, -0.2) is 36.6 Å². The van der Waals surface area contributed by atoms with Gasteiger partial charge in [0.05, 0.1) is 23.8 Å². The smallest absolute Gasteiger partial charge is 0.242 e. The Morgan fingerprint density at radius 1 is 1.50 bits per heavy atom. The number of nitrogens with zero attached hydrogens (tertiary/aromatic N) is 2. The number of amides is 1. The molecule has 0 aliphatic carbocycles. The Labute approximate surface area is 108 Å². The second-order valence-electron chi connectivity index (χ2n) is 4.37. The monoisotopic (exact) mass is 248 g/mol. The highest BCUT2D eigenvalue weighted by molar-refractivity contribution is 5.86. The number of rotatable bonds is 4. The quantitative estimate of drug-likeness (QED) is 0.841. The van der Waals surface area contributed by atoms with Gasteiger partial charge in [0.15, 0.2) is 0 Å². The van der Waals surface area contributed by atoms with E-state index in [4.69, 9.17) is 0 Å². The largest absolute Gasteiger partial charge is 0.384 e. The summed E-state index contributed by atoms with van der Waals surface area (Å²) >= 11 is 0. The van der Waals surface area contributed by atoms with Crippen molar-refractivity contribution in [2.24, 2.45) is 0 Å². The minimum atomic E-state index is -0.0857. The fourth-order valence-corrected chi connectivity index (χ4v) is 2.32. The topological polar surface area (TPSA) is 57.3 Å². The van der Waals surface area contributed by atoms with Crippen LogP contribution in [0.1, 0.15) is 20.3 Å². The zero-order valence-corrected chi connectivity index (χ0v) is 10.9. The summed E-state index contributed by atoms with van der Waals surface area (Å²) in [5.41, 5.74) is 2.01. The third-order valence-electron chi connectivity index (χ3n) is 3.15. The van der Waals surface area contributed by atoms with E-state index in [2.05, 4.69) is 33.5 Å². The first-order chi connectivity index (χ1) is 8.76. The highest BCUT2D eigenvalue weighted by Crippen LogP contribution is 2.22. The van der Waals surface area contributed by atoms with E-state index in [9.17, 15) is 4.79 Å². The number of pyridine rings is 1. The molecule has 1 fully saturated rings. The number of nitrogens with one attached hydrogen (secondary N) is 2. The minimum Gasteiger partial charge on any atom is -0.384 e. The average Bonchev–Trinajstić information content (AvgIpc) is 2.39. The van der Waals surface area contributed by atoms with Crippen LogP contribution >= 0.6 is 0 Å².